The summed E-state index contributed by atoms with van der Waals surface area (Å²) in [6.07, 6.45) is 0.183. The molecule has 1 fully saturated rings. The van der Waals surface area contributed by atoms with Crippen LogP contribution in [-0.2, 0) is 14.3 Å². The van der Waals surface area contributed by atoms with Crippen LogP contribution in [0, 0.1) is 5.92 Å². The van der Waals surface area contributed by atoms with Crippen LogP contribution in [0.3, 0.4) is 0 Å². The van der Waals surface area contributed by atoms with Crippen LogP contribution in [-0.4, -0.2) is 52.6 Å². The predicted molar refractivity (Wildman–Crippen MR) is 112 cm³/mol. The molecule has 0 aromatic heterocycles. The van der Waals surface area contributed by atoms with Crippen LogP contribution in [0.1, 0.15) is 81.1 Å². The number of hydrogen-bond donors (Lipinski definition) is 1. The monoisotopic (exact) mass is 411 g/mol. The van der Waals surface area contributed by atoms with Gasteiger partial charge in [-0.15, -0.1) is 0 Å². The van der Waals surface area contributed by atoms with Crippen LogP contribution in [0.25, 0.3) is 0 Å². The molecule has 1 saturated heterocycles. The smallest absolute Gasteiger partial charge is 0.421 e. The predicted octanol–water partition coefficient (Wildman–Crippen LogP) is 4.27. The zero-order chi connectivity index (χ0) is 22.4. The Hall–Kier alpha value is -2.12. The standard InChI is InChI=1S/C21H37N3O5/c1-9-11-12-22-16-15(25)13-14(10-2)17(23-16)24(18(26)28-20(3,4)5)19(27)29-21(6,7)8/h14,17H,9-13H2,1-8H3,(H,22,23). The van der Waals surface area contributed by atoms with Crippen LogP contribution < -0.4 is 5.32 Å². The lowest BCUT2D eigenvalue weighted by Crippen LogP contribution is -2.62. The fraction of sp³-hybridized carbons (Fsp3) is 0.810. The van der Waals surface area contributed by atoms with E-state index in [1.165, 1.54) is 0 Å². The summed E-state index contributed by atoms with van der Waals surface area (Å²) < 4.78 is 10.9. The summed E-state index contributed by atoms with van der Waals surface area (Å²) in [7, 11) is 0. The lowest BCUT2D eigenvalue weighted by molar-refractivity contribution is -0.116. The summed E-state index contributed by atoms with van der Waals surface area (Å²) in [5, 5.41) is 3.02. The number of rotatable bonds is 5. The van der Waals surface area contributed by atoms with Gasteiger partial charge in [0.15, 0.2) is 11.6 Å². The van der Waals surface area contributed by atoms with Crippen LogP contribution in [0.4, 0.5) is 9.59 Å². The fourth-order valence-electron chi connectivity index (χ4n) is 2.83. The second-order valence-corrected chi connectivity index (χ2v) is 9.30. The quantitative estimate of drug-likeness (QED) is 0.679. The number of ketones is 1. The first-order chi connectivity index (χ1) is 13.3. The zero-order valence-electron chi connectivity index (χ0n) is 19.1. The SMILES string of the molecule is CCCCN=C1NC(N(C(=O)OC(C)(C)C)C(=O)OC(C)(C)C)C(CC)CC1=O. The third-order valence-electron chi connectivity index (χ3n) is 4.21. The molecule has 0 spiro atoms. The molecule has 0 radical (unpaired) electrons. The van der Waals surface area contributed by atoms with E-state index in [1.807, 2.05) is 13.8 Å². The second-order valence-electron chi connectivity index (χ2n) is 9.30. The lowest BCUT2D eigenvalue weighted by Gasteiger charge is -2.39. The van der Waals surface area contributed by atoms with E-state index >= 15 is 0 Å². The van der Waals surface area contributed by atoms with E-state index < -0.39 is 29.6 Å². The van der Waals surface area contributed by atoms with Gasteiger partial charge in [-0.2, -0.15) is 4.90 Å². The number of ether oxygens (including phenoxy) is 2. The maximum atomic E-state index is 12.9. The molecule has 8 nitrogen and oxygen atoms in total. The van der Waals surface area contributed by atoms with Crippen LogP contribution in [0.15, 0.2) is 4.99 Å². The van der Waals surface area contributed by atoms with Crippen molar-refractivity contribution in [2.45, 2.75) is 98.4 Å². The molecular formula is C21H37N3O5. The molecule has 2 unspecified atom stereocenters. The average Bonchev–Trinajstić information content (AvgIpc) is 2.54. The minimum absolute atomic E-state index is 0.113. The van der Waals surface area contributed by atoms with Gasteiger partial charge in [0.05, 0.1) is 0 Å². The second kappa shape index (κ2) is 10.1. The topological polar surface area (TPSA) is 97.3 Å². The van der Waals surface area contributed by atoms with Gasteiger partial charge >= 0.3 is 12.2 Å². The van der Waals surface area contributed by atoms with Crippen molar-refractivity contribution >= 4 is 23.8 Å². The highest BCUT2D eigenvalue weighted by atomic mass is 16.6. The van der Waals surface area contributed by atoms with E-state index in [9.17, 15) is 14.4 Å². The van der Waals surface area contributed by atoms with Crippen molar-refractivity contribution in [1.29, 1.82) is 0 Å². The summed E-state index contributed by atoms with van der Waals surface area (Å²) in [4.78, 5) is 43.6. The van der Waals surface area contributed by atoms with Gasteiger partial charge in [0.1, 0.15) is 17.4 Å². The molecule has 0 bridgehead atoms. The first-order valence-electron chi connectivity index (χ1n) is 10.4. The Balaban J connectivity index is 3.26. The molecule has 0 aliphatic carbocycles. The van der Waals surface area contributed by atoms with Crippen LogP contribution >= 0.6 is 0 Å². The Morgan fingerprint density at radius 1 is 1.07 bits per heavy atom. The molecular weight excluding hydrogens is 374 g/mol. The molecule has 1 heterocycles. The highest BCUT2D eigenvalue weighted by Crippen LogP contribution is 2.26. The molecule has 2 atom stereocenters. The minimum Gasteiger partial charge on any atom is -0.443 e. The maximum absolute atomic E-state index is 12.9. The number of imide groups is 1. The normalized spacial score (nSPS) is 21.5. The van der Waals surface area contributed by atoms with Crippen molar-refractivity contribution in [3.8, 4) is 0 Å². The van der Waals surface area contributed by atoms with Gasteiger partial charge in [-0.25, -0.2) is 9.59 Å². The number of hydrogen-bond acceptors (Lipinski definition) is 6. The van der Waals surface area contributed by atoms with E-state index in [0.717, 1.165) is 17.7 Å². The number of piperidine rings is 1. The van der Waals surface area contributed by atoms with Gasteiger partial charge in [0, 0.05) is 18.9 Å². The zero-order valence-corrected chi connectivity index (χ0v) is 19.1. The van der Waals surface area contributed by atoms with E-state index in [4.69, 9.17) is 9.47 Å². The molecule has 1 rings (SSSR count). The number of amides is 2. The highest BCUT2D eigenvalue weighted by molar-refractivity contribution is 6.39. The molecule has 0 saturated carbocycles. The number of unbranched alkanes of at least 4 members (excludes halogenated alkanes) is 1. The largest absolute Gasteiger partial charge is 0.443 e. The first kappa shape index (κ1) is 24.9. The summed E-state index contributed by atoms with van der Waals surface area (Å²) in [6, 6.07) is 0. The molecule has 1 aliphatic heterocycles. The van der Waals surface area contributed by atoms with Gasteiger partial charge in [-0.3, -0.25) is 9.79 Å². The van der Waals surface area contributed by atoms with Crippen molar-refractivity contribution in [3.05, 3.63) is 0 Å². The number of Topliss-reactive ketones (excluding diaryl/α,β-unsaturated/α-hetero) is 1. The molecule has 166 valence electrons. The van der Waals surface area contributed by atoms with Crippen molar-refractivity contribution in [1.82, 2.24) is 10.2 Å². The highest BCUT2D eigenvalue weighted by Gasteiger charge is 2.44. The summed E-state index contributed by atoms with van der Waals surface area (Å²) in [6.45, 7) is 14.8. The molecule has 1 N–H and O–H groups in total. The van der Waals surface area contributed by atoms with E-state index in [2.05, 4.69) is 10.3 Å². The van der Waals surface area contributed by atoms with E-state index in [-0.39, 0.29) is 24.0 Å². The van der Waals surface area contributed by atoms with Gasteiger partial charge in [0.2, 0.25) is 0 Å². The first-order valence-corrected chi connectivity index (χ1v) is 10.4. The summed E-state index contributed by atoms with van der Waals surface area (Å²) >= 11 is 0. The molecule has 8 heteroatoms. The fourth-order valence-corrected chi connectivity index (χ4v) is 2.83. The van der Waals surface area contributed by atoms with Crippen LogP contribution in [0.5, 0.6) is 0 Å². The summed E-state index contributed by atoms with van der Waals surface area (Å²) in [5.41, 5.74) is -1.58. The van der Waals surface area contributed by atoms with Crippen molar-refractivity contribution in [3.63, 3.8) is 0 Å². The lowest BCUT2D eigenvalue weighted by atomic mass is 9.91. The third kappa shape index (κ3) is 8.03. The van der Waals surface area contributed by atoms with Crippen molar-refractivity contribution in [2.75, 3.05) is 6.54 Å². The molecule has 0 aromatic carbocycles. The third-order valence-corrected chi connectivity index (χ3v) is 4.21. The van der Waals surface area contributed by atoms with Crippen molar-refractivity contribution < 1.29 is 23.9 Å². The van der Waals surface area contributed by atoms with E-state index in [0.29, 0.717) is 13.0 Å². The Labute approximate surface area is 174 Å². The Morgan fingerprint density at radius 2 is 1.59 bits per heavy atom. The van der Waals surface area contributed by atoms with Gasteiger partial charge < -0.3 is 14.8 Å². The number of nitrogens with zero attached hydrogens (tertiary/aromatic N) is 2. The Bertz CT molecular complexity index is 603. The van der Waals surface area contributed by atoms with Gasteiger partial charge in [0.25, 0.3) is 0 Å². The number of amidine groups is 1. The number of nitrogens with one attached hydrogen (secondary N) is 1. The molecule has 0 aromatic rings. The summed E-state index contributed by atoms with van der Waals surface area (Å²) in [5.74, 6) is -0.185. The van der Waals surface area contributed by atoms with E-state index in [1.54, 1.807) is 41.5 Å². The van der Waals surface area contributed by atoms with Crippen molar-refractivity contribution in [2.24, 2.45) is 10.9 Å². The van der Waals surface area contributed by atoms with Gasteiger partial charge in [-0.1, -0.05) is 20.3 Å². The maximum Gasteiger partial charge on any atom is 0.421 e. The van der Waals surface area contributed by atoms with Gasteiger partial charge in [-0.05, 0) is 54.4 Å². The molecule has 29 heavy (non-hydrogen) atoms. The Morgan fingerprint density at radius 3 is 2.00 bits per heavy atom. The minimum atomic E-state index is -0.815. The molecule has 1 aliphatic rings. The van der Waals surface area contributed by atoms with Crippen LogP contribution in [0.2, 0.25) is 0 Å². The number of carbonyl (C=O) groups is 3. The average molecular weight is 412 g/mol. The Kier molecular flexibility index (Phi) is 8.65. The molecule has 2 amide bonds. The number of carbonyl (C=O) groups excluding carboxylic acids is 3. The number of aliphatic imine (C=N–C) groups is 1.